The predicted molar refractivity (Wildman–Crippen MR) is 87.6 cm³/mol. The van der Waals surface area contributed by atoms with Gasteiger partial charge in [0.15, 0.2) is 0 Å². The second kappa shape index (κ2) is 6.58. The third-order valence-corrected chi connectivity index (χ3v) is 4.80. The number of nitrogens with zero attached hydrogens (tertiary/aromatic N) is 2. The van der Waals surface area contributed by atoms with Crippen LogP contribution in [0, 0.1) is 0 Å². The lowest BCUT2D eigenvalue weighted by Gasteiger charge is -2.31. The van der Waals surface area contributed by atoms with E-state index in [1.165, 1.54) is 0 Å². The number of rotatable bonds is 4. The van der Waals surface area contributed by atoms with Crippen LogP contribution in [-0.2, 0) is 4.79 Å². The summed E-state index contributed by atoms with van der Waals surface area (Å²) in [6.45, 7) is 0.763. The van der Waals surface area contributed by atoms with Gasteiger partial charge in [-0.2, -0.15) is 0 Å². The first-order valence-corrected chi connectivity index (χ1v) is 8.11. The number of pyridine rings is 1. The van der Waals surface area contributed by atoms with Gasteiger partial charge in [0.1, 0.15) is 6.04 Å². The zero-order chi connectivity index (χ0) is 15.5. The van der Waals surface area contributed by atoms with E-state index in [-0.39, 0.29) is 6.04 Å². The minimum absolute atomic E-state index is 0.152. The maximum absolute atomic E-state index is 11.6. The quantitative estimate of drug-likeness (QED) is 0.906. The molecular weight excluding hydrogens is 344 g/mol. The van der Waals surface area contributed by atoms with Gasteiger partial charge in [-0.1, -0.05) is 40.2 Å². The number of hydrogen-bond acceptors (Lipinski definition) is 3. The normalized spacial score (nSPS) is 20.0. The Hall–Kier alpha value is -1.72. The molecule has 0 amide bonds. The summed E-state index contributed by atoms with van der Waals surface area (Å²) in [6, 6.07) is 13.1. The van der Waals surface area contributed by atoms with Crippen molar-refractivity contribution >= 4 is 21.9 Å². The zero-order valence-electron chi connectivity index (χ0n) is 12.0. The zero-order valence-corrected chi connectivity index (χ0v) is 13.6. The van der Waals surface area contributed by atoms with E-state index in [9.17, 15) is 9.90 Å². The minimum atomic E-state index is -0.759. The molecule has 0 saturated carbocycles. The molecule has 0 bridgehead atoms. The molecule has 2 aromatic rings. The predicted octanol–water partition coefficient (Wildman–Crippen LogP) is 3.48. The molecule has 4 nitrogen and oxygen atoms in total. The number of carboxylic acids is 1. The molecular formula is C17H17BrN2O2. The second-order valence-electron chi connectivity index (χ2n) is 5.41. The Morgan fingerprint density at radius 1 is 1.27 bits per heavy atom. The third-order valence-electron chi connectivity index (χ3n) is 4.08. The smallest absolute Gasteiger partial charge is 0.320 e. The molecule has 3 rings (SSSR count). The van der Waals surface area contributed by atoms with Crippen LogP contribution in [0.4, 0.5) is 0 Å². The van der Waals surface area contributed by atoms with Gasteiger partial charge in [-0.3, -0.25) is 14.7 Å². The van der Waals surface area contributed by atoms with Crippen molar-refractivity contribution < 1.29 is 9.90 Å². The number of aliphatic carboxylic acids is 1. The van der Waals surface area contributed by atoms with Gasteiger partial charge in [0.25, 0.3) is 0 Å². The van der Waals surface area contributed by atoms with E-state index in [4.69, 9.17) is 0 Å². The molecule has 2 unspecified atom stereocenters. The van der Waals surface area contributed by atoms with Crippen molar-refractivity contribution in [3.05, 3.63) is 64.4 Å². The Morgan fingerprint density at radius 3 is 2.73 bits per heavy atom. The lowest BCUT2D eigenvalue weighted by molar-refractivity contribution is -0.142. The van der Waals surface area contributed by atoms with E-state index in [1.807, 2.05) is 47.4 Å². The average molecular weight is 361 g/mol. The first-order valence-electron chi connectivity index (χ1n) is 7.32. The van der Waals surface area contributed by atoms with Crippen LogP contribution in [0.25, 0.3) is 0 Å². The molecule has 0 radical (unpaired) electrons. The first-order chi connectivity index (χ1) is 10.7. The Balaban J connectivity index is 2.08. The fourth-order valence-electron chi connectivity index (χ4n) is 3.11. The molecule has 0 spiro atoms. The van der Waals surface area contributed by atoms with E-state index in [1.54, 1.807) is 6.20 Å². The van der Waals surface area contributed by atoms with E-state index in [0.29, 0.717) is 6.42 Å². The largest absolute Gasteiger partial charge is 0.480 e. The third kappa shape index (κ3) is 2.91. The van der Waals surface area contributed by atoms with Gasteiger partial charge in [-0.25, -0.2) is 0 Å². The molecule has 1 saturated heterocycles. The van der Waals surface area contributed by atoms with Crippen molar-refractivity contribution in [1.82, 2.24) is 9.88 Å². The number of hydrogen-bond donors (Lipinski definition) is 1. The Kier molecular flexibility index (Phi) is 4.55. The van der Waals surface area contributed by atoms with Gasteiger partial charge in [-0.05, 0) is 36.6 Å². The molecule has 2 atom stereocenters. The molecule has 5 heteroatoms. The number of carbonyl (C=O) groups is 1. The Morgan fingerprint density at radius 2 is 2.05 bits per heavy atom. The number of likely N-dealkylation sites (tertiary alicyclic amines) is 1. The van der Waals surface area contributed by atoms with Gasteiger partial charge in [0.2, 0.25) is 0 Å². The first kappa shape index (κ1) is 15.2. The summed E-state index contributed by atoms with van der Waals surface area (Å²) >= 11 is 3.60. The van der Waals surface area contributed by atoms with E-state index < -0.39 is 12.0 Å². The number of carboxylic acid groups (broad SMARTS) is 1. The van der Waals surface area contributed by atoms with Crippen LogP contribution in [0.2, 0.25) is 0 Å². The van der Waals surface area contributed by atoms with E-state index in [0.717, 1.165) is 28.7 Å². The van der Waals surface area contributed by atoms with Crippen molar-refractivity contribution in [1.29, 1.82) is 0 Å². The Labute approximate surface area is 137 Å². The molecule has 2 heterocycles. The van der Waals surface area contributed by atoms with Crippen molar-refractivity contribution in [2.45, 2.75) is 24.9 Å². The van der Waals surface area contributed by atoms with Gasteiger partial charge in [0.05, 0.1) is 11.7 Å². The van der Waals surface area contributed by atoms with E-state index in [2.05, 4.69) is 20.9 Å². The van der Waals surface area contributed by atoms with Crippen LogP contribution in [-0.4, -0.2) is 33.5 Å². The summed E-state index contributed by atoms with van der Waals surface area (Å²) in [5.41, 5.74) is 1.93. The molecule has 1 aromatic heterocycles. The lowest BCUT2D eigenvalue weighted by atomic mass is 10.0. The van der Waals surface area contributed by atoms with Crippen LogP contribution in [0.15, 0.2) is 53.1 Å². The summed E-state index contributed by atoms with van der Waals surface area (Å²) in [5.74, 6) is -0.759. The fourth-order valence-corrected chi connectivity index (χ4v) is 3.61. The number of aromatic nitrogens is 1. The van der Waals surface area contributed by atoms with Gasteiger partial charge >= 0.3 is 5.97 Å². The molecule has 114 valence electrons. The number of benzene rings is 1. The molecule has 1 fully saturated rings. The lowest BCUT2D eigenvalue weighted by Crippen LogP contribution is -2.39. The molecule has 1 aliphatic heterocycles. The van der Waals surface area contributed by atoms with Crippen molar-refractivity contribution in [3.63, 3.8) is 0 Å². The monoisotopic (exact) mass is 360 g/mol. The van der Waals surface area contributed by atoms with Crippen LogP contribution < -0.4 is 0 Å². The van der Waals surface area contributed by atoms with Crippen LogP contribution >= 0.6 is 15.9 Å². The summed E-state index contributed by atoms with van der Waals surface area (Å²) in [6.07, 6.45) is 3.33. The van der Waals surface area contributed by atoms with Crippen LogP contribution in [0.5, 0.6) is 0 Å². The molecule has 0 aliphatic carbocycles. The highest BCUT2D eigenvalue weighted by Crippen LogP contribution is 2.37. The second-order valence-corrected chi connectivity index (χ2v) is 6.27. The van der Waals surface area contributed by atoms with Crippen LogP contribution in [0.1, 0.15) is 30.1 Å². The van der Waals surface area contributed by atoms with E-state index >= 15 is 0 Å². The highest BCUT2D eigenvalue weighted by Gasteiger charge is 2.37. The van der Waals surface area contributed by atoms with Crippen LogP contribution in [0.3, 0.4) is 0 Å². The summed E-state index contributed by atoms with van der Waals surface area (Å²) < 4.78 is 0.974. The molecule has 1 aromatic carbocycles. The summed E-state index contributed by atoms with van der Waals surface area (Å²) in [7, 11) is 0. The SMILES string of the molecule is O=C(O)C1CCCN1C(c1ccccn1)c1ccccc1Br. The topological polar surface area (TPSA) is 53.4 Å². The summed E-state index contributed by atoms with van der Waals surface area (Å²) in [5, 5.41) is 9.52. The fraction of sp³-hybridized carbons (Fsp3) is 0.294. The Bertz CT molecular complexity index is 663. The summed E-state index contributed by atoms with van der Waals surface area (Å²) in [4.78, 5) is 18.1. The highest BCUT2D eigenvalue weighted by molar-refractivity contribution is 9.10. The average Bonchev–Trinajstić information content (AvgIpc) is 3.00. The minimum Gasteiger partial charge on any atom is -0.480 e. The van der Waals surface area contributed by atoms with Gasteiger partial charge < -0.3 is 5.11 Å². The molecule has 1 aliphatic rings. The molecule has 1 N–H and O–H groups in total. The maximum Gasteiger partial charge on any atom is 0.320 e. The maximum atomic E-state index is 11.6. The van der Waals surface area contributed by atoms with Crippen molar-refractivity contribution in [2.24, 2.45) is 0 Å². The highest BCUT2D eigenvalue weighted by atomic mass is 79.9. The van der Waals surface area contributed by atoms with Gasteiger partial charge in [0, 0.05) is 17.2 Å². The molecule has 22 heavy (non-hydrogen) atoms. The van der Waals surface area contributed by atoms with Crippen molar-refractivity contribution in [2.75, 3.05) is 6.54 Å². The standard InChI is InChI=1S/C17H17BrN2O2/c18-13-7-2-1-6-12(13)16(14-8-3-4-10-19-14)20-11-5-9-15(20)17(21)22/h1-4,6-8,10,15-16H,5,9,11H2,(H,21,22). The number of halogens is 1. The van der Waals surface area contributed by atoms with Crippen molar-refractivity contribution in [3.8, 4) is 0 Å². The van der Waals surface area contributed by atoms with Gasteiger partial charge in [-0.15, -0.1) is 0 Å².